The fourth-order valence-corrected chi connectivity index (χ4v) is 1.91. The van der Waals surface area contributed by atoms with Crippen molar-refractivity contribution in [2.24, 2.45) is 5.73 Å². The number of fused-ring (bicyclic) bond motifs is 1. The molecule has 0 aliphatic carbocycles. The first-order chi connectivity index (χ1) is 7.11. The van der Waals surface area contributed by atoms with Crippen LogP contribution in [-0.2, 0) is 16.0 Å². The number of nitrogens with two attached hydrogens (primary N) is 1. The SMILES string of the molecule is CC(=O)N1c2[c]cccc2CC1C(N)=O. The van der Waals surface area contributed by atoms with Crippen molar-refractivity contribution in [1.29, 1.82) is 0 Å². The van der Waals surface area contributed by atoms with Crippen LogP contribution in [0.1, 0.15) is 12.5 Å². The Hall–Kier alpha value is -1.84. The van der Waals surface area contributed by atoms with E-state index in [1.807, 2.05) is 12.1 Å². The lowest BCUT2D eigenvalue weighted by Gasteiger charge is -2.20. The van der Waals surface area contributed by atoms with E-state index >= 15 is 0 Å². The Morgan fingerprint density at radius 3 is 2.93 bits per heavy atom. The summed E-state index contributed by atoms with van der Waals surface area (Å²) in [5, 5.41) is 0. The third kappa shape index (κ3) is 1.48. The first kappa shape index (κ1) is 9.71. The summed E-state index contributed by atoms with van der Waals surface area (Å²) in [7, 11) is 0. The van der Waals surface area contributed by atoms with E-state index in [0.29, 0.717) is 12.1 Å². The Bertz CT molecular complexity index is 428. The largest absolute Gasteiger partial charge is 0.368 e. The molecule has 0 fully saturated rings. The predicted molar refractivity (Wildman–Crippen MR) is 55.1 cm³/mol. The summed E-state index contributed by atoms with van der Waals surface area (Å²) in [4.78, 5) is 24.0. The Morgan fingerprint density at radius 2 is 2.33 bits per heavy atom. The van der Waals surface area contributed by atoms with Crippen molar-refractivity contribution in [3.63, 3.8) is 0 Å². The van der Waals surface area contributed by atoms with Crippen LogP contribution in [0.2, 0.25) is 0 Å². The van der Waals surface area contributed by atoms with Gasteiger partial charge in [-0.15, -0.1) is 0 Å². The molecule has 2 rings (SSSR count). The number of amides is 2. The van der Waals surface area contributed by atoms with Gasteiger partial charge in [0.2, 0.25) is 11.8 Å². The molecule has 77 valence electrons. The minimum Gasteiger partial charge on any atom is -0.368 e. The van der Waals surface area contributed by atoms with Crippen molar-refractivity contribution in [3.05, 3.63) is 29.8 Å². The van der Waals surface area contributed by atoms with E-state index in [4.69, 9.17) is 5.73 Å². The summed E-state index contributed by atoms with van der Waals surface area (Å²) in [5.41, 5.74) is 6.87. The van der Waals surface area contributed by atoms with Gasteiger partial charge in [-0.3, -0.25) is 14.5 Å². The number of carbonyl (C=O) groups excluding carboxylic acids is 2. The lowest BCUT2D eigenvalue weighted by atomic mass is 10.1. The van der Waals surface area contributed by atoms with Gasteiger partial charge in [0.25, 0.3) is 0 Å². The zero-order valence-electron chi connectivity index (χ0n) is 8.36. The Labute approximate surface area is 87.7 Å². The molecule has 0 bridgehead atoms. The summed E-state index contributed by atoms with van der Waals surface area (Å²) in [5.74, 6) is -0.658. The van der Waals surface area contributed by atoms with E-state index in [1.165, 1.54) is 11.8 Å². The molecule has 0 saturated carbocycles. The van der Waals surface area contributed by atoms with E-state index in [-0.39, 0.29) is 5.91 Å². The van der Waals surface area contributed by atoms with Gasteiger partial charge >= 0.3 is 0 Å². The van der Waals surface area contributed by atoms with E-state index in [9.17, 15) is 9.59 Å². The quantitative estimate of drug-likeness (QED) is 0.711. The van der Waals surface area contributed by atoms with E-state index in [1.54, 1.807) is 6.07 Å². The molecular weight excluding hydrogens is 192 g/mol. The fourth-order valence-electron chi connectivity index (χ4n) is 1.91. The van der Waals surface area contributed by atoms with Crippen molar-refractivity contribution in [2.45, 2.75) is 19.4 Å². The zero-order chi connectivity index (χ0) is 11.0. The average Bonchev–Trinajstić information content (AvgIpc) is 2.56. The van der Waals surface area contributed by atoms with Crippen LogP contribution < -0.4 is 10.6 Å². The van der Waals surface area contributed by atoms with Crippen molar-refractivity contribution in [1.82, 2.24) is 0 Å². The molecule has 4 nitrogen and oxygen atoms in total. The number of nitrogens with zero attached hydrogens (tertiary/aromatic N) is 1. The molecule has 15 heavy (non-hydrogen) atoms. The van der Waals surface area contributed by atoms with Crippen LogP contribution >= 0.6 is 0 Å². The Balaban J connectivity index is 2.46. The molecule has 1 atom stereocenters. The molecule has 1 heterocycles. The second-order valence-electron chi connectivity index (χ2n) is 3.56. The summed E-state index contributed by atoms with van der Waals surface area (Å²) in [6.07, 6.45) is 0.488. The van der Waals surface area contributed by atoms with Crippen molar-refractivity contribution < 1.29 is 9.59 Å². The number of hydrogen-bond acceptors (Lipinski definition) is 2. The molecule has 2 N–H and O–H groups in total. The Morgan fingerprint density at radius 1 is 1.60 bits per heavy atom. The zero-order valence-corrected chi connectivity index (χ0v) is 8.36. The van der Waals surface area contributed by atoms with Crippen LogP contribution in [0.3, 0.4) is 0 Å². The number of anilines is 1. The second-order valence-corrected chi connectivity index (χ2v) is 3.56. The molecule has 0 spiro atoms. The maximum absolute atomic E-state index is 11.4. The van der Waals surface area contributed by atoms with Crippen LogP contribution in [0.4, 0.5) is 5.69 Å². The van der Waals surface area contributed by atoms with Gasteiger partial charge in [-0.25, -0.2) is 0 Å². The van der Waals surface area contributed by atoms with Crippen molar-refractivity contribution in [3.8, 4) is 0 Å². The molecule has 1 unspecified atom stereocenters. The van der Waals surface area contributed by atoms with Gasteiger partial charge in [-0.1, -0.05) is 18.2 Å². The van der Waals surface area contributed by atoms with Crippen LogP contribution in [0.25, 0.3) is 0 Å². The maximum atomic E-state index is 11.4. The first-order valence-electron chi connectivity index (χ1n) is 4.70. The number of hydrogen-bond donors (Lipinski definition) is 1. The van der Waals surface area contributed by atoms with E-state index in [0.717, 1.165) is 5.56 Å². The highest BCUT2D eigenvalue weighted by atomic mass is 16.2. The van der Waals surface area contributed by atoms with Crippen LogP contribution in [0.5, 0.6) is 0 Å². The van der Waals surface area contributed by atoms with E-state index in [2.05, 4.69) is 6.07 Å². The molecule has 0 aromatic heterocycles. The second kappa shape index (κ2) is 3.38. The van der Waals surface area contributed by atoms with Gasteiger partial charge in [-0.05, 0) is 5.56 Å². The normalized spacial score (nSPS) is 18.7. The highest BCUT2D eigenvalue weighted by Gasteiger charge is 2.35. The lowest BCUT2D eigenvalue weighted by molar-refractivity contribution is -0.123. The summed E-state index contributed by atoms with van der Waals surface area (Å²) in [6.45, 7) is 1.42. The summed E-state index contributed by atoms with van der Waals surface area (Å²) >= 11 is 0. The Kier molecular flexibility index (Phi) is 2.19. The van der Waals surface area contributed by atoms with E-state index < -0.39 is 11.9 Å². The highest BCUT2D eigenvalue weighted by molar-refractivity contribution is 6.01. The maximum Gasteiger partial charge on any atom is 0.240 e. The topological polar surface area (TPSA) is 63.4 Å². The first-order valence-corrected chi connectivity index (χ1v) is 4.70. The molecule has 0 saturated heterocycles. The van der Waals surface area contributed by atoms with Gasteiger partial charge < -0.3 is 5.73 Å². The average molecular weight is 203 g/mol. The number of rotatable bonds is 1. The molecule has 1 aliphatic heterocycles. The fraction of sp³-hybridized carbons (Fsp3) is 0.273. The minimum atomic E-state index is -0.559. The molecule has 1 aromatic rings. The number of primary amides is 1. The molecule has 1 radical (unpaired) electrons. The van der Waals surface area contributed by atoms with Crippen LogP contribution in [0.15, 0.2) is 18.2 Å². The smallest absolute Gasteiger partial charge is 0.240 e. The molecule has 1 aromatic carbocycles. The number of benzene rings is 1. The van der Waals surface area contributed by atoms with Gasteiger partial charge in [0, 0.05) is 19.4 Å². The summed E-state index contributed by atoms with van der Waals surface area (Å²) < 4.78 is 0. The lowest BCUT2D eigenvalue weighted by Crippen LogP contribution is -2.45. The van der Waals surface area contributed by atoms with Gasteiger partial charge in [0.1, 0.15) is 6.04 Å². The molecule has 1 aliphatic rings. The third-order valence-electron chi connectivity index (χ3n) is 2.55. The number of carbonyl (C=O) groups is 2. The highest BCUT2D eigenvalue weighted by Crippen LogP contribution is 2.31. The van der Waals surface area contributed by atoms with Crippen LogP contribution in [-0.4, -0.2) is 17.9 Å². The number of para-hydroxylation sites is 1. The van der Waals surface area contributed by atoms with Crippen molar-refractivity contribution in [2.75, 3.05) is 4.90 Å². The van der Waals surface area contributed by atoms with Crippen molar-refractivity contribution >= 4 is 17.5 Å². The molecular formula is C11H11N2O2. The summed E-state index contributed by atoms with van der Waals surface area (Å²) in [6, 6.07) is 7.84. The van der Waals surface area contributed by atoms with Gasteiger partial charge in [0.15, 0.2) is 0 Å². The van der Waals surface area contributed by atoms with Gasteiger partial charge in [-0.2, -0.15) is 0 Å². The molecule has 4 heteroatoms. The monoisotopic (exact) mass is 203 g/mol. The molecule has 2 amide bonds. The standard InChI is InChI=1S/C11H11N2O2/c1-7(14)13-9-5-3-2-4-8(9)6-10(13)11(12)15/h2-4,10H,6H2,1H3,(H2,12,15). The van der Waals surface area contributed by atoms with Gasteiger partial charge in [0.05, 0.1) is 5.69 Å². The predicted octanol–water partition coefficient (Wildman–Crippen LogP) is 0.250. The third-order valence-corrected chi connectivity index (χ3v) is 2.55. The minimum absolute atomic E-state index is 0.181. The van der Waals surface area contributed by atoms with Crippen LogP contribution in [0, 0.1) is 6.07 Å².